The van der Waals surface area contributed by atoms with E-state index in [4.69, 9.17) is 85.9 Å². The van der Waals surface area contributed by atoms with Crippen molar-refractivity contribution in [1.29, 1.82) is 0 Å². The van der Waals surface area contributed by atoms with E-state index < -0.39 is 14.1 Å². The van der Waals surface area contributed by atoms with Gasteiger partial charge in [0, 0.05) is 11.8 Å². The normalized spacial score (nSPS) is 63.2. The number of allylic oxidation sites excluding steroid dienone is 2. The van der Waals surface area contributed by atoms with E-state index in [2.05, 4.69) is 0 Å². The molecule has 7 atom stereocenters. The van der Waals surface area contributed by atoms with E-state index in [-0.39, 0.29) is 39.5 Å². The van der Waals surface area contributed by atoms with Crippen molar-refractivity contribution in [2.75, 3.05) is 0 Å². The van der Waals surface area contributed by atoms with Gasteiger partial charge in [-0.1, -0.05) is 46.4 Å². The van der Waals surface area contributed by atoms with Crippen LogP contribution in [0, 0.1) is 11.8 Å². The van der Waals surface area contributed by atoms with Crippen LogP contribution in [0.5, 0.6) is 0 Å². The average Bonchev–Trinajstić information content (AvgIpc) is 2.98. The van der Waals surface area contributed by atoms with Crippen molar-refractivity contribution < 1.29 is 4.74 Å². The summed E-state index contributed by atoms with van der Waals surface area (Å²) in [5.41, 5.74) is 0. The van der Waals surface area contributed by atoms with Gasteiger partial charge in [0.2, 0.25) is 0 Å². The minimum Gasteiger partial charge on any atom is -0.368 e. The number of ether oxygens (including phenoxy) is 1. The summed E-state index contributed by atoms with van der Waals surface area (Å²) in [5.74, 6) is -0.457. The highest BCUT2D eigenvalue weighted by atomic mass is 35.5. The lowest BCUT2D eigenvalue weighted by Gasteiger charge is -2.35. The Hall–Kier alpha value is 1.73. The molecule has 2 bridgehead atoms. The molecule has 2 saturated carbocycles. The summed E-state index contributed by atoms with van der Waals surface area (Å²) in [6.45, 7) is 0. The van der Waals surface area contributed by atoms with E-state index in [9.17, 15) is 0 Å². The zero-order valence-corrected chi connectivity index (χ0v) is 13.7. The Kier molecular flexibility index (Phi) is 2.52. The Balaban J connectivity index is 2.01. The lowest BCUT2D eigenvalue weighted by molar-refractivity contribution is 0.204. The number of hydrogen-bond acceptors (Lipinski definition) is 1. The minimum atomic E-state index is -1.50. The number of alkyl halides is 5. The largest absolute Gasteiger partial charge is 0.368 e. The van der Waals surface area contributed by atoms with Crippen molar-refractivity contribution in [3.63, 3.8) is 0 Å². The maximum absolute atomic E-state index is 6.65. The fourth-order valence-corrected chi connectivity index (χ4v) is 7.49. The van der Waals surface area contributed by atoms with Gasteiger partial charge >= 0.3 is 0 Å². The lowest BCUT2D eigenvalue weighted by Crippen LogP contribution is -2.46. The summed E-state index contributed by atoms with van der Waals surface area (Å²) < 4.78 is 4.00. The first-order valence-electron chi connectivity index (χ1n) is 5.32. The fourth-order valence-electron chi connectivity index (χ4n) is 3.80. The third-order valence-corrected chi connectivity index (χ3v) is 9.44. The van der Waals surface area contributed by atoms with Crippen molar-refractivity contribution in [2.24, 2.45) is 11.8 Å². The van der Waals surface area contributed by atoms with Crippen molar-refractivity contribution >= 4 is 81.2 Å². The molecule has 18 heavy (non-hydrogen) atoms. The Bertz CT molecular complexity index is 476. The van der Waals surface area contributed by atoms with Gasteiger partial charge in [-0.25, -0.2) is 0 Å². The Morgan fingerprint density at radius 2 is 1.33 bits per heavy atom. The molecule has 0 aromatic rings. The second-order valence-corrected chi connectivity index (χ2v) is 8.97. The summed E-state index contributed by atoms with van der Waals surface area (Å²) in [6, 6.07) is 0. The van der Waals surface area contributed by atoms with Crippen LogP contribution < -0.4 is 0 Å². The number of halogens is 7. The van der Waals surface area contributed by atoms with Gasteiger partial charge in [0.25, 0.3) is 0 Å². The molecule has 0 N–H and O–H groups in total. The van der Waals surface area contributed by atoms with Crippen LogP contribution in [0.2, 0.25) is 0 Å². The van der Waals surface area contributed by atoms with Crippen LogP contribution in [0.1, 0.15) is 0 Å². The first-order chi connectivity index (χ1) is 8.20. The molecule has 0 amide bonds. The standard InChI is InChI=1S/C10H5Cl7O/c11-3-1-2(4-5(3)18-4)9(15)7(13)6(12)8(1,14)10(9,16)17/h1-5H/t1-,2+,3+,4-,5+,8+,9-/m0/s1. The zero-order valence-electron chi connectivity index (χ0n) is 8.44. The first kappa shape index (κ1) is 13.4. The second kappa shape index (κ2) is 3.38. The quantitative estimate of drug-likeness (QED) is 0.441. The van der Waals surface area contributed by atoms with Crippen LogP contribution in [-0.4, -0.2) is 31.7 Å². The molecule has 3 aliphatic carbocycles. The average molecular weight is 389 g/mol. The molecule has 1 heterocycles. The molecule has 0 radical (unpaired) electrons. The third-order valence-electron chi connectivity index (χ3n) is 4.62. The SMILES string of the molecule is ClC1=C(Cl)[C@]2(Cl)[C@@H]3[C@@H](Cl)[C@H]4O[C@H]4[C@@H]3[C@@]1(Cl)C2(Cl)Cl. The van der Waals surface area contributed by atoms with Crippen molar-refractivity contribution in [3.05, 3.63) is 10.1 Å². The maximum atomic E-state index is 6.65. The molecule has 100 valence electrons. The Morgan fingerprint density at radius 3 is 1.89 bits per heavy atom. The highest BCUT2D eigenvalue weighted by Gasteiger charge is 2.89. The molecule has 0 unspecified atom stereocenters. The molecule has 1 aliphatic heterocycles. The van der Waals surface area contributed by atoms with Gasteiger partial charge in [-0.15, -0.1) is 34.8 Å². The van der Waals surface area contributed by atoms with Gasteiger partial charge in [-0.05, 0) is 0 Å². The smallest absolute Gasteiger partial charge is 0.166 e. The maximum Gasteiger partial charge on any atom is 0.166 e. The predicted molar refractivity (Wildman–Crippen MR) is 75.6 cm³/mol. The Morgan fingerprint density at radius 1 is 0.833 bits per heavy atom. The highest BCUT2D eigenvalue weighted by Crippen LogP contribution is 2.81. The molecule has 1 nitrogen and oxygen atoms in total. The van der Waals surface area contributed by atoms with E-state index in [1.54, 1.807) is 0 Å². The van der Waals surface area contributed by atoms with Gasteiger partial charge in [-0.3, -0.25) is 0 Å². The first-order valence-corrected chi connectivity index (χ1v) is 8.02. The molecule has 1 saturated heterocycles. The second-order valence-electron chi connectivity index (χ2n) is 5.19. The lowest BCUT2D eigenvalue weighted by atomic mass is 9.83. The molecule has 0 aromatic carbocycles. The van der Waals surface area contributed by atoms with Crippen LogP contribution >= 0.6 is 81.2 Å². The molecule has 8 heteroatoms. The summed E-state index contributed by atoms with van der Waals surface area (Å²) in [7, 11) is 0. The van der Waals surface area contributed by atoms with Crippen molar-refractivity contribution in [1.82, 2.24) is 0 Å². The highest BCUT2D eigenvalue weighted by molar-refractivity contribution is 6.66. The zero-order chi connectivity index (χ0) is 13.2. The topological polar surface area (TPSA) is 12.5 Å². The van der Waals surface area contributed by atoms with E-state index in [1.165, 1.54) is 0 Å². The summed E-state index contributed by atoms with van der Waals surface area (Å²) in [5, 5.41) is 0.111. The van der Waals surface area contributed by atoms with E-state index in [0.29, 0.717) is 0 Å². The van der Waals surface area contributed by atoms with Crippen LogP contribution in [0.25, 0.3) is 0 Å². The van der Waals surface area contributed by atoms with Gasteiger partial charge in [-0.2, -0.15) is 0 Å². The Labute approximate surface area is 139 Å². The number of rotatable bonds is 0. The number of fused-ring (bicyclic) bond motifs is 7. The molecule has 0 aromatic heterocycles. The molecular formula is C10H5Cl7O. The van der Waals surface area contributed by atoms with Crippen LogP contribution in [0.3, 0.4) is 0 Å². The van der Waals surface area contributed by atoms with E-state index in [1.807, 2.05) is 0 Å². The summed E-state index contributed by atoms with van der Waals surface area (Å²) >= 11 is 45.0. The van der Waals surface area contributed by atoms with Gasteiger partial charge in [0.1, 0.15) is 15.9 Å². The molecule has 4 rings (SSSR count). The molecule has 4 aliphatic rings. The monoisotopic (exact) mass is 386 g/mol. The van der Waals surface area contributed by atoms with Crippen LogP contribution in [0.4, 0.5) is 0 Å². The molecule has 3 fully saturated rings. The molecular weight excluding hydrogens is 384 g/mol. The third kappa shape index (κ3) is 1.02. The fraction of sp³-hybridized carbons (Fsp3) is 0.800. The number of hydrogen-bond donors (Lipinski definition) is 0. The van der Waals surface area contributed by atoms with Crippen LogP contribution in [-0.2, 0) is 4.74 Å². The predicted octanol–water partition coefficient (Wildman–Crippen LogP) is 4.45. The van der Waals surface area contributed by atoms with Gasteiger partial charge in [0.05, 0.1) is 21.5 Å². The van der Waals surface area contributed by atoms with E-state index in [0.717, 1.165) is 0 Å². The minimum absolute atomic E-state index is 0.0608. The summed E-state index contributed by atoms with van der Waals surface area (Å²) in [6.07, 6.45) is -0.152. The van der Waals surface area contributed by atoms with Crippen molar-refractivity contribution in [3.8, 4) is 0 Å². The van der Waals surface area contributed by atoms with Gasteiger partial charge in [0.15, 0.2) is 4.33 Å². The summed E-state index contributed by atoms with van der Waals surface area (Å²) in [4.78, 5) is -2.48. The van der Waals surface area contributed by atoms with Crippen molar-refractivity contribution in [2.45, 2.75) is 31.7 Å². The number of epoxide rings is 1. The van der Waals surface area contributed by atoms with Gasteiger partial charge < -0.3 is 4.74 Å². The van der Waals surface area contributed by atoms with E-state index >= 15 is 0 Å². The van der Waals surface area contributed by atoms with Crippen LogP contribution in [0.15, 0.2) is 10.1 Å². The molecule has 0 spiro atoms.